The Morgan fingerprint density at radius 2 is 2.04 bits per heavy atom. The number of aromatic nitrogens is 3. The Balaban J connectivity index is 1.62. The first kappa shape index (κ1) is 15.4. The van der Waals surface area contributed by atoms with Crippen LogP contribution in [0.5, 0.6) is 0 Å². The van der Waals surface area contributed by atoms with Crippen LogP contribution >= 0.6 is 0 Å². The number of carbonyl (C=O) groups excluding carboxylic acids is 1. The summed E-state index contributed by atoms with van der Waals surface area (Å²) < 4.78 is 1.27. The van der Waals surface area contributed by atoms with Gasteiger partial charge in [0.25, 0.3) is 11.5 Å². The van der Waals surface area contributed by atoms with Gasteiger partial charge in [0.15, 0.2) is 5.65 Å². The van der Waals surface area contributed by atoms with Gasteiger partial charge in [-0.15, -0.1) is 0 Å². The number of rotatable bonds is 3. The molecule has 2 aromatic heterocycles. The van der Waals surface area contributed by atoms with Gasteiger partial charge in [-0.2, -0.15) is 0 Å². The molecule has 7 nitrogen and oxygen atoms in total. The van der Waals surface area contributed by atoms with Gasteiger partial charge in [-0.05, 0) is 38.0 Å². The SMILES string of the molecule is Cc1cc(=O)n2[nH]cc(C(=O)Nc3cccc(N4CCCC4)c3)c2n1. The molecule has 7 heteroatoms. The third-order valence-corrected chi connectivity index (χ3v) is 4.45. The number of H-pyrrole nitrogens is 1. The lowest BCUT2D eigenvalue weighted by atomic mass is 10.2. The van der Waals surface area contributed by atoms with Crippen molar-refractivity contribution in [3.8, 4) is 0 Å². The fourth-order valence-corrected chi connectivity index (χ4v) is 3.22. The Labute approximate surface area is 144 Å². The lowest BCUT2D eigenvalue weighted by Crippen LogP contribution is -2.18. The lowest BCUT2D eigenvalue weighted by Gasteiger charge is -2.18. The van der Waals surface area contributed by atoms with E-state index in [-0.39, 0.29) is 11.5 Å². The quantitative estimate of drug-likeness (QED) is 0.767. The first-order valence-electron chi connectivity index (χ1n) is 8.36. The van der Waals surface area contributed by atoms with Gasteiger partial charge in [0.1, 0.15) is 5.56 Å². The van der Waals surface area contributed by atoms with Crippen molar-refractivity contribution in [2.75, 3.05) is 23.3 Å². The van der Waals surface area contributed by atoms with Crippen molar-refractivity contribution in [1.29, 1.82) is 0 Å². The smallest absolute Gasteiger partial charge is 0.272 e. The van der Waals surface area contributed by atoms with E-state index in [1.165, 1.54) is 29.6 Å². The Morgan fingerprint density at radius 3 is 2.84 bits per heavy atom. The minimum atomic E-state index is -0.296. The summed E-state index contributed by atoms with van der Waals surface area (Å²) in [7, 11) is 0. The van der Waals surface area contributed by atoms with Gasteiger partial charge in [-0.1, -0.05) is 6.07 Å². The first-order valence-corrected chi connectivity index (χ1v) is 8.36. The van der Waals surface area contributed by atoms with Gasteiger partial charge >= 0.3 is 0 Å². The molecule has 2 N–H and O–H groups in total. The van der Waals surface area contributed by atoms with Crippen LogP contribution in [0.2, 0.25) is 0 Å². The molecule has 1 fully saturated rings. The second-order valence-electron chi connectivity index (χ2n) is 6.28. The van der Waals surface area contributed by atoms with Crippen LogP contribution in [0.1, 0.15) is 28.9 Å². The van der Waals surface area contributed by atoms with Crippen LogP contribution in [0.15, 0.2) is 41.3 Å². The molecular formula is C18H19N5O2. The van der Waals surface area contributed by atoms with Crippen molar-refractivity contribution in [2.24, 2.45) is 0 Å². The molecule has 4 rings (SSSR count). The van der Waals surface area contributed by atoms with Gasteiger partial charge < -0.3 is 10.2 Å². The molecule has 128 valence electrons. The summed E-state index contributed by atoms with van der Waals surface area (Å²) in [6.45, 7) is 3.83. The van der Waals surface area contributed by atoms with E-state index in [2.05, 4.69) is 26.4 Å². The van der Waals surface area contributed by atoms with E-state index in [9.17, 15) is 9.59 Å². The minimum absolute atomic E-state index is 0.238. The van der Waals surface area contributed by atoms with Crippen LogP contribution in [0, 0.1) is 6.92 Å². The lowest BCUT2D eigenvalue weighted by molar-refractivity contribution is 0.102. The average Bonchev–Trinajstić information content (AvgIpc) is 3.24. The first-order chi connectivity index (χ1) is 12.1. The zero-order chi connectivity index (χ0) is 17.4. The van der Waals surface area contributed by atoms with Crippen LogP contribution in [-0.4, -0.2) is 33.6 Å². The number of hydrogen-bond donors (Lipinski definition) is 2. The molecule has 0 radical (unpaired) electrons. The van der Waals surface area contributed by atoms with E-state index in [1.807, 2.05) is 18.2 Å². The highest BCUT2D eigenvalue weighted by Gasteiger charge is 2.16. The fraction of sp³-hybridized carbons (Fsp3) is 0.278. The fourth-order valence-electron chi connectivity index (χ4n) is 3.22. The maximum Gasteiger partial charge on any atom is 0.272 e. The maximum atomic E-state index is 12.6. The number of fused-ring (bicyclic) bond motifs is 1. The summed E-state index contributed by atoms with van der Waals surface area (Å²) in [5.74, 6) is -0.296. The molecule has 1 aromatic carbocycles. The van der Waals surface area contributed by atoms with Crippen molar-refractivity contribution in [1.82, 2.24) is 14.6 Å². The van der Waals surface area contributed by atoms with Gasteiger partial charge in [-0.25, -0.2) is 9.50 Å². The predicted octanol–water partition coefficient (Wildman–Crippen LogP) is 2.18. The monoisotopic (exact) mass is 337 g/mol. The summed E-state index contributed by atoms with van der Waals surface area (Å²) in [5, 5.41) is 5.68. The summed E-state index contributed by atoms with van der Waals surface area (Å²) in [6, 6.07) is 9.24. The molecule has 1 saturated heterocycles. The largest absolute Gasteiger partial charge is 0.371 e. The van der Waals surface area contributed by atoms with Crippen LogP contribution in [0.3, 0.4) is 0 Å². The Morgan fingerprint density at radius 1 is 1.24 bits per heavy atom. The molecule has 1 aliphatic rings. The van der Waals surface area contributed by atoms with Gasteiger partial charge in [-0.3, -0.25) is 14.7 Å². The summed E-state index contributed by atoms with van der Waals surface area (Å²) >= 11 is 0. The molecule has 0 saturated carbocycles. The molecule has 0 aliphatic carbocycles. The maximum absolute atomic E-state index is 12.6. The van der Waals surface area contributed by atoms with Crippen LogP contribution < -0.4 is 15.8 Å². The Kier molecular flexibility index (Phi) is 3.76. The molecule has 0 atom stereocenters. The van der Waals surface area contributed by atoms with Crippen LogP contribution in [0.25, 0.3) is 5.65 Å². The number of hydrogen-bond acceptors (Lipinski definition) is 4. The number of aromatic amines is 1. The molecule has 25 heavy (non-hydrogen) atoms. The van der Waals surface area contributed by atoms with Gasteiger partial charge in [0, 0.05) is 42.4 Å². The van der Waals surface area contributed by atoms with Crippen LogP contribution in [0.4, 0.5) is 11.4 Å². The van der Waals surface area contributed by atoms with E-state index >= 15 is 0 Å². The van der Waals surface area contributed by atoms with E-state index in [1.54, 1.807) is 6.92 Å². The van der Waals surface area contributed by atoms with Crippen molar-refractivity contribution in [2.45, 2.75) is 19.8 Å². The minimum Gasteiger partial charge on any atom is -0.371 e. The van der Waals surface area contributed by atoms with E-state index in [4.69, 9.17) is 0 Å². The molecule has 0 spiro atoms. The average molecular weight is 337 g/mol. The van der Waals surface area contributed by atoms with Gasteiger partial charge in [0.05, 0.1) is 0 Å². The summed E-state index contributed by atoms with van der Waals surface area (Å²) in [5.41, 5.74) is 2.85. The number of nitrogens with one attached hydrogen (secondary N) is 2. The Bertz CT molecular complexity index is 998. The molecule has 1 aliphatic heterocycles. The molecular weight excluding hydrogens is 318 g/mol. The normalized spacial score (nSPS) is 14.2. The van der Waals surface area contributed by atoms with E-state index in [0.717, 1.165) is 24.5 Å². The number of aryl methyl sites for hydroxylation is 1. The number of carbonyl (C=O) groups is 1. The summed E-state index contributed by atoms with van der Waals surface area (Å²) in [4.78, 5) is 31.2. The van der Waals surface area contributed by atoms with E-state index < -0.39 is 0 Å². The van der Waals surface area contributed by atoms with Crippen LogP contribution in [-0.2, 0) is 0 Å². The van der Waals surface area contributed by atoms with Crippen molar-refractivity contribution >= 4 is 22.9 Å². The zero-order valence-electron chi connectivity index (χ0n) is 14.0. The third-order valence-electron chi connectivity index (χ3n) is 4.45. The number of nitrogens with zero attached hydrogens (tertiary/aromatic N) is 3. The second-order valence-corrected chi connectivity index (χ2v) is 6.28. The number of benzene rings is 1. The van der Waals surface area contributed by atoms with Gasteiger partial charge in [0.2, 0.25) is 0 Å². The highest BCUT2D eigenvalue weighted by Crippen LogP contribution is 2.23. The molecule has 1 amide bonds. The third kappa shape index (κ3) is 2.88. The highest BCUT2D eigenvalue weighted by molar-refractivity contribution is 6.08. The van der Waals surface area contributed by atoms with Crippen molar-refractivity contribution in [3.63, 3.8) is 0 Å². The van der Waals surface area contributed by atoms with Crippen molar-refractivity contribution < 1.29 is 4.79 Å². The second kappa shape index (κ2) is 6.08. The molecule has 0 bridgehead atoms. The number of amides is 1. The standard InChI is InChI=1S/C18H19N5O2/c1-12-9-16(24)23-17(20-12)15(11-19-23)18(25)21-13-5-4-6-14(10-13)22-7-2-3-8-22/h4-6,9-11,19H,2-3,7-8H2,1H3,(H,21,25). The molecule has 3 heterocycles. The van der Waals surface area contributed by atoms with E-state index in [0.29, 0.717) is 16.9 Å². The predicted molar refractivity (Wildman–Crippen MR) is 96.4 cm³/mol. The Hall–Kier alpha value is -3.09. The molecule has 3 aromatic rings. The highest BCUT2D eigenvalue weighted by atomic mass is 16.2. The topological polar surface area (TPSA) is 82.5 Å². The van der Waals surface area contributed by atoms with Crippen molar-refractivity contribution in [3.05, 3.63) is 58.1 Å². The zero-order valence-corrected chi connectivity index (χ0v) is 14.0. The molecule has 0 unspecified atom stereocenters. The number of anilines is 2. The summed E-state index contributed by atoms with van der Waals surface area (Å²) in [6.07, 6.45) is 3.90.